The number of aromatic amines is 1. The molecule has 0 amide bonds. The molecule has 1 unspecified atom stereocenters. The van der Waals surface area contributed by atoms with Crippen LogP contribution in [-0.4, -0.2) is 23.1 Å². The van der Waals surface area contributed by atoms with Crippen molar-refractivity contribution in [3.8, 4) is 0 Å². The van der Waals surface area contributed by atoms with E-state index in [9.17, 15) is 4.79 Å². The summed E-state index contributed by atoms with van der Waals surface area (Å²) in [6.07, 6.45) is 4.97. The summed E-state index contributed by atoms with van der Waals surface area (Å²) >= 11 is 0. The molecule has 0 radical (unpaired) electrons. The van der Waals surface area contributed by atoms with Crippen LogP contribution in [0.3, 0.4) is 0 Å². The SMILES string of the molecule is CCC1CCCN(c2cc(=O)[nH]c(C(C)C)n2)CC1. The molecule has 1 N–H and O–H groups in total. The van der Waals surface area contributed by atoms with Gasteiger partial charge in [0.05, 0.1) is 0 Å². The highest BCUT2D eigenvalue weighted by molar-refractivity contribution is 5.37. The molecule has 1 aromatic heterocycles. The molecule has 4 heteroatoms. The summed E-state index contributed by atoms with van der Waals surface area (Å²) < 4.78 is 0. The van der Waals surface area contributed by atoms with Gasteiger partial charge in [-0.3, -0.25) is 4.79 Å². The Bertz CT molecular complexity index is 467. The van der Waals surface area contributed by atoms with Crippen molar-refractivity contribution < 1.29 is 0 Å². The number of nitrogens with zero attached hydrogens (tertiary/aromatic N) is 2. The van der Waals surface area contributed by atoms with Crippen LogP contribution in [0.2, 0.25) is 0 Å². The number of hydrogen-bond donors (Lipinski definition) is 1. The molecular formula is C15H25N3O. The van der Waals surface area contributed by atoms with Crippen LogP contribution in [-0.2, 0) is 0 Å². The number of nitrogens with one attached hydrogen (secondary N) is 1. The summed E-state index contributed by atoms with van der Waals surface area (Å²) in [4.78, 5) is 21.5. The van der Waals surface area contributed by atoms with Gasteiger partial charge in [0, 0.05) is 25.1 Å². The fourth-order valence-electron chi connectivity index (χ4n) is 2.70. The van der Waals surface area contributed by atoms with E-state index in [0.717, 1.165) is 30.6 Å². The summed E-state index contributed by atoms with van der Waals surface area (Å²) in [5.41, 5.74) is -0.0370. The predicted molar refractivity (Wildman–Crippen MR) is 78.8 cm³/mol. The molecule has 1 aliphatic rings. The summed E-state index contributed by atoms with van der Waals surface area (Å²) in [6.45, 7) is 8.41. The molecule has 0 aliphatic carbocycles. The molecule has 0 bridgehead atoms. The molecule has 2 rings (SSSR count). The maximum absolute atomic E-state index is 11.7. The number of hydrogen-bond acceptors (Lipinski definition) is 3. The van der Waals surface area contributed by atoms with E-state index >= 15 is 0 Å². The van der Waals surface area contributed by atoms with Gasteiger partial charge >= 0.3 is 0 Å². The molecule has 0 aromatic carbocycles. The Kier molecular flexibility index (Phi) is 4.61. The smallest absolute Gasteiger partial charge is 0.252 e. The average molecular weight is 263 g/mol. The summed E-state index contributed by atoms with van der Waals surface area (Å²) in [7, 11) is 0. The monoisotopic (exact) mass is 263 g/mol. The van der Waals surface area contributed by atoms with Crippen LogP contribution < -0.4 is 10.5 Å². The van der Waals surface area contributed by atoms with Crippen molar-refractivity contribution in [2.45, 2.75) is 52.4 Å². The Hall–Kier alpha value is -1.32. The standard InChI is InChI=1S/C15H25N3O/c1-4-12-6-5-8-18(9-7-12)13-10-14(19)17-15(16-13)11(2)3/h10-12H,4-9H2,1-3H3,(H,16,17,19). The first kappa shape index (κ1) is 14.1. The lowest BCUT2D eigenvalue weighted by atomic mass is 9.98. The van der Waals surface area contributed by atoms with Gasteiger partial charge in [0.15, 0.2) is 0 Å². The lowest BCUT2D eigenvalue weighted by Gasteiger charge is -2.22. The number of anilines is 1. The van der Waals surface area contributed by atoms with Gasteiger partial charge in [0.25, 0.3) is 5.56 Å². The zero-order valence-corrected chi connectivity index (χ0v) is 12.3. The molecule has 0 saturated carbocycles. The van der Waals surface area contributed by atoms with Gasteiger partial charge in [-0.25, -0.2) is 4.98 Å². The van der Waals surface area contributed by atoms with E-state index in [0.29, 0.717) is 0 Å². The van der Waals surface area contributed by atoms with Crippen molar-refractivity contribution in [3.63, 3.8) is 0 Å². The van der Waals surface area contributed by atoms with E-state index in [1.807, 2.05) is 0 Å². The first-order valence-corrected chi connectivity index (χ1v) is 7.46. The minimum atomic E-state index is -0.0370. The number of aromatic nitrogens is 2. The summed E-state index contributed by atoms with van der Waals surface area (Å²) in [5.74, 6) is 2.72. The normalized spacial score (nSPS) is 20.6. The number of H-pyrrole nitrogens is 1. The highest BCUT2D eigenvalue weighted by Crippen LogP contribution is 2.23. The highest BCUT2D eigenvalue weighted by Gasteiger charge is 2.18. The van der Waals surface area contributed by atoms with Crippen molar-refractivity contribution >= 4 is 5.82 Å². The summed E-state index contributed by atoms with van der Waals surface area (Å²) in [5, 5.41) is 0. The zero-order valence-electron chi connectivity index (χ0n) is 12.3. The van der Waals surface area contributed by atoms with Crippen molar-refractivity contribution in [3.05, 3.63) is 22.2 Å². The topological polar surface area (TPSA) is 49.0 Å². The van der Waals surface area contributed by atoms with Crippen molar-refractivity contribution in [1.29, 1.82) is 0 Å². The van der Waals surface area contributed by atoms with Gasteiger partial charge in [-0.05, 0) is 25.2 Å². The highest BCUT2D eigenvalue weighted by atomic mass is 16.1. The average Bonchev–Trinajstić information content (AvgIpc) is 2.63. The molecule has 19 heavy (non-hydrogen) atoms. The van der Waals surface area contributed by atoms with Crippen LogP contribution in [0.5, 0.6) is 0 Å². The van der Waals surface area contributed by atoms with Crippen LogP contribution >= 0.6 is 0 Å². The minimum absolute atomic E-state index is 0.0370. The molecule has 1 aromatic rings. The molecule has 0 spiro atoms. The molecule has 4 nitrogen and oxygen atoms in total. The van der Waals surface area contributed by atoms with Gasteiger partial charge < -0.3 is 9.88 Å². The van der Waals surface area contributed by atoms with Crippen molar-refractivity contribution in [2.75, 3.05) is 18.0 Å². The van der Waals surface area contributed by atoms with E-state index in [4.69, 9.17) is 0 Å². The molecule has 1 saturated heterocycles. The largest absolute Gasteiger partial charge is 0.356 e. The molecule has 2 heterocycles. The van der Waals surface area contributed by atoms with Gasteiger partial charge in [0.1, 0.15) is 11.6 Å². The first-order chi connectivity index (χ1) is 9.10. The maximum atomic E-state index is 11.7. The molecular weight excluding hydrogens is 238 g/mol. The van der Waals surface area contributed by atoms with Crippen LogP contribution in [0.4, 0.5) is 5.82 Å². The van der Waals surface area contributed by atoms with Crippen LogP contribution in [0.15, 0.2) is 10.9 Å². The second-order valence-electron chi connectivity index (χ2n) is 5.84. The predicted octanol–water partition coefficient (Wildman–Crippen LogP) is 2.91. The third-order valence-corrected chi connectivity index (χ3v) is 4.04. The first-order valence-electron chi connectivity index (χ1n) is 7.46. The lowest BCUT2D eigenvalue weighted by molar-refractivity contribution is 0.459. The van der Waals surface area contributed by atoms with Crippen molar-refractivity contribution in [2.24, 2.45) is 5.92 Å². The van der Waals surface area contributed by atoms with Crippen LogP contribution in [0, 0.1) is 5.92 Å². The zero-order chi connectivity index (χ0) is 13.8. The second kappa shape index (κ2) is 6.22. The van der Waals surface area contributed by atoms with Gasteiger partial charge in [0.2, 0.25) is 0 Å². The Labute approximate surface area is 115 Å². The lowest BCUT2D eigenvalue weighted by Crippen LogP contribution is -2.27. The van der Waals surface area contributed by atoms with E-state index < -0.39 is 0 Å². The Balaban J connectivity index is 2.19. The van der Waals surface area contributed by atoms with Crippen LogP contribution in [0.1, 0.15) is 58.2 Å². The Morgan fingerprint density at radius 2 is 2.21 bits per heavy atom. The van der Waals surface area contributed by atoms with Crippen LogP contribution in [0.25, 0.3) is 0 Å². The molecule has 1 atom stereocenters. The Morgan fingerprint density at radius 1 is 1.42 bits per heavy atom. The van der Waals surface area contributed by atoms with E-state index in [1.165, 1.54) is 25.7 Å². The quantitative estimate of drug-likeness (QED) is 0.912. The minimum Gasteiger partial charge on any atom is -0.356 e. The maximum Gasteiger partial charge on any atom is 0.252 e. The Morgan fingerprint density at radius 3 is 2.89 bits per heavy atom. The second-order valence-corrected chi connectivity index (χ2v) is 5.84. The fourth-order valence-corrected chi connectivity index (χ4v) is 2.70. The van der Waals surface area contributed by atoms with Crippen molar-refractivity contribution in [1.82, 2.24) is 9.97 Å². The number of rotatable bonds is 3. The van der Waals surface area contributed by atoms with E-state index in [-0.39, 0.29) is 11.5 Å². The van der Waals surface area contributed by atoms with E-state index in [1.54, 1.807) is 6.07 Å². The van der Waals surface area contributed by atoms with Gasteiger partial charge in [-0.15, -0.1) is 0 Å². The third-order valence-electron chi connectivity index (χ3n) is 4.04. The molecule has 106 valence electrons. The summed E-state index contributed by atoms with van der Waals surface area (Å²) in [6, 6.07) is 1.64. The van der Waals surface area contributed by atoms with E-state index in [2.05, 4.69) is 35.6 Å². The molecule has 1 aliphatic heterocycles. The van der Waals surface area contributed by atoms with Gasteiger partial charge in [-0.2, -0.15) is 0 Å². The van der Waals surface area contributed by atoms with Gasteiger partial charge in [-0.1, -0.05) is 27.2 Å². The fraction of sp³-hybridized carbons (Fsp3) is 0.733. The third kappa shape index (κ3) is 3.58. The molecule has 1 fully saturated rings.